The highest BCUT2D eigenvalue weighted by molar-refractivity contribution is 5.17. The van der Waals surface area contributed by atoms with E-state index in [9.17, 15) is 0 Å². The molecule has 1 aromatic carbocycles. The van der Waals surface area contributed by atoms with Crippen LogP contribution in [0.5, 0.6) is 0 Å². The van der Waals surface area contributed by atoms with E-state index in [2.05, 4.69) is 58.9 Å². The van der Waals surface area contributed by atoms with Crippen molar-refractivity contribution in [3.05, 3.63) is 35.9 Å². The number of rotatable bonds is 14. The average Bonchev–Trinajstić information content (AvgIpc) is 2.57. The highest BCUT2D eigenvalue weighted by atomic mass is 16.7. The minimum Gasteiger partial charge on any atom is -0.345 e. The Hall–Kier alpha value is -0.900. The fourth-order valence-corrected chi connectivity index (χ4v) is 3.46. The summed E-state index contributed by atoms with van der Waals surface area (Å²) in [7, 11) is 0. The van der Waals surface area contributed by atoms with E-state index in [-0.39, 0.29) is 18.2 Å². The summed E-state index contributed by atoms with van der Waals surface area (Å²) in [6.07, 6.45) is 9.33. The number of hydrogen-bond donors (Lipinski definition) is 1. The second kappa shape index (κ2) is 12.5. The van der Waals surface area contributed by atoms with Crippen molar-refractivity contribution in [1.29, 1.82) is 0 Å². The van der Waals surface area contributed by atoms with Gasteiger partial charge in [0.25, 0.3) is 0 Å². The van der Waals surface area contributed by atoms with E-state index in [4.69, 9.17) is 15.2 Å². The van der Waals surface area contributed by atoms with Crippen LogP contribution >= 0.6 is 0 Å². The van der Waals surface area contributed by atoms with Gasteiger partial charge in [-0.15, -0.1) is 0 Å². The van der Waals surface area contributed by atoms with Crippen LogP contribution in [-0.4, -0.2) is 24.0 Å². The summed E-state index contributed by atoms with van der Waals surface area (Å²) in [5.74, 6) is -0.771. The standard InChI is InChI=1S/C23H41NO2/c1-6-7-8-9-10-14-17-22(24)23(25-19(2)3,26-20(4)5)18-21-15-12-11-13-16-21/h11-13,15-16,19-20,22H,6-10,14,17-18,24H2,1-5H3. The van der Waals surface area contributed by atoms with Gasteiger partial charge in [0.1, 0.15) is 0 Å². The van der Waals surface area contributed by atoms with Crippen molar-refractivity contribution in [3.8, 4) is 0 Å². The summed E-state index contributed by atoms with van der Waals surface area (Å²) in [4.78, 5) is 0. The maximum atomic E-state index is 6.69. The van der Waals surface area contributed by atoms with Gasteiger partial charge >= 0.3 is 0 Å². The third kappa shape index (κ3) is 8.66. The molecule has 3 nitrogen and oxygen atoms in total. The van der Waals surface area contributed by atoms with E-state index in [1.807, 2.05) is 6.07 Å². The van der Waals surface area contributed by atoms with E-state index in [0.717, 1.165) is 12.8 Å². The predicted molar refractivity (Wildman–Crippen MR) is 111 cm³/mol. The molecule has 0 aliphatic rings. The van der Waals surface area contributed by atoms with Gasteiger partial charge < -0.3 is 15.2 Å². The molecule has 2 N–H and O–H groups in total. The lowest BCUT2D eigenvalue weighted by molar-refractivity contribution is -0.279. The molecule has 1 rings (SSSR count). The summed E-state index contributed by atoms with van der Waals surface area (Å²) < 4.78 is 12.7. The van der Waals surface area contributed by atoms with Crippen LogP contribution in [0.4, 0.5) is 0 Å². The number of unbranched alkanes of at least 4 members (excludes halogenated alkanes) is 5. The minimum absolute atomic E-state index is 0.0630. The Bertz CT molecular complexity index is 449. The molecule has 0 amide bonds. The van der Waals surface area contributed by atoms with Gasteiger partial charge in [0.2, 0.25) is 0 Å². The van der Waals surface area contributed by atoms with Crippen LogP contribution in [-0.2, 0) is 15.9 Å². The van der Waals surface area contributed by atoms with Crippen LogP contribution < -0.4 is 5.73 Å². The van der Waals surface area contributed by atoms with E-state index >= 15 is 0 Å². The maximum absolute atomic E-state index is 6.69. The first-order valence-corrected chi connectivity index (χ1v) is 10.5. The number of ether oxygens (including phenoxy) is 2. The fraction of sp³-hybridized carbons (Fsp3) is 0.739. The molecule has 0 heterocycles. The van der Waals surface area contributed by atoms with Crippen LogP contribution in [0.2, 0.25) is 0 Å². The van der Waals surface area contributed by atoms with Crippen molar-refractivity contribution in [3.63, 3.8) is 0 Å². The maximum Gasteiger partial charge on any atom is 0.188 e. The van der Waals surface area contributed by atoms with Gasteiger partial charge in [0.05, 0.1) is 18.2 Å². The lowest BCUT2D eigenvalue weighted by Crippen LogP contribution is -2.56. The summed E-state index contributed by atoms with van der Waals surface area (Å²) in [5, 5.41) is 0. The molecule has 26 heavy (non-hydrogen) atoms. The van der Waals surface area contributed by atoms with E-state index in [1.165, 1.54) is 37.7 Å². The van der Waals surface area contributed by atoms with Crippen molar-refractivity contribution >= 4 is 0 Å². The first-order valence-electron chi connectivity index (χ1n) is 10.5. The normalized spacial score (nSPS) is 13.5. The molecule has 0 radical (unpaired) electrons. The highest BCUT2D eigenvalue weighted by Gasteiger charge is 2.40. The molecule has 3 heteroatoms. The zero-order valence-electron chi connectivity index (χ0n) is 17.7. The molecule has 0 bridgehead atoms. The smallest absolute Gasteiger partial charge is 0.188 e. The van der Waals surface area contributed by atoms with Crippen LogP contribution in [0, 0.1) is 0 Å². The third-order valence-electron chi connectivity index (χ3n) is 4.60. The lowest BCUT2D eigenvalue weighted by atomic mass is 9.93. The number of nitrogens with two attached hydrogens (primary N) is 1. The van der Waals surface area contributed by atoms with Gasteiger partial charge in [-0.2, -0.15) is 0 Å². The van der Waals surface area contributed by atoms with E-state index < -0.39 is 5.79 Å². The van der Waals surface area contributed by atoms with Crippen molar-refractivity contribution in [2.24, 2.45) is 5.73 Å². The highest BCUT2D eigenvalue weighted by Crippen LogP contribution is 2.29. The van der Waals surface area contributed by atoms with E-state index in [0.29, 0.717) is 6.42 Å². The molecule has 1 unspecified atom stereocenters. The molecule has 0 aliphatic heterocycles. The fourth-order valence-electron chi connectivity index (χ4n) is 3.46. The summed E-state index contributed by atoms with van der Waals surface area (Å²) >= 11 is 0. The van der Waals surface area contributed by atoms with Gasteiger partial charge in [-0.1, -0.05) is 75.8 Å². The zero-order chi connectivity index (χ0) is 19.4. The lowest BCUT2D eigenvalue weighted by Gasteiger charge is -2.41. The average molecular weight is 364 g/mol. The van der Waals surface area contributed by atoms with Gasteiger partial charge in [0, 0.05) is 6.42 Å². The van der Waals surface area contributed by atoms with Crippen LogP contribution in [0.3, 0.4) is 0 Å². The monoisotopic (exact) mass is 363 g/mol. The molecule has 0 aromatic heterocycles. The van der Waals surface area contributed by atoms with Crippen molar-refractivity contribution in [2.75, 3.05) is 0 Å². The molecule has 150 valence electrons. The predicted octanol–water partition coefficient (Wildman–Crippen LogP) is 5.85. The Balaban J connectivity index is 2.82. The number of hydrogen-bond acceptors (Lipinski definition) is 3. The minimum atomic E-state index is -0.771. The number of benzene rings is 1. The van der Waals surface area contributed by atoms with Gasteiger partial charge in [-0.3, -0.25) is 0 Å². The summed E-state index contributed by atoms with van der Waals surface area (Å²) in [5.41, 5.74) is 7.89. The SMILES string of the molecule is CCCCCCCCC(N)C(Cc1ccccc1)(OC(C)C)OC(C)C. The van der Waals surface area contributed by atoms with E-state index in [1.54, 1.807) is 0 Å². The Morgan fingerprint density at radius 3 is 1.92 bits per heavy atom. The Kier molecular flexibility index (Phi) is 11.1. The zero-order valence-corrected chi connectivity index (χ0v) is 17.7. The van der Waals surface area contributed by atoms with Crippen molar-refractivity contribution < 1.29 is 9.47 Å². The Morgan fingerprint density at radius 1 is 0.846 bits per heavy atom. The third-order valence-corrected chi connectivity index (χ3v) is 4.60. The van der Waals surface area contributed by atoms with Crippen molar-refractivity contribution in [1.82, 2.24) is 0 Å². The first kappa shape index (κ1) is 23.1. The molecular formula is C23H41NO2. The Labute approximate surface area is 161 Å². The molecule has 0 spiro atoms. The van der Waals surface area contributed by atoms with Gasteiger partial charge in [-0.25, -0.2) is 0 Å². The first-order chi connectivity index (χ1) is 12.4. The molecule has 0 fully saturated rings. The molecule has 0 saturated heterocycles. The molecule has 1 aromatic rings. The second-order valence-electron chi connectivity index (χ2n) is 7.97. The van der Waals surface area contributed by atoms with Crippen LogP contribution in [0.1, 0.15) is 85.1 Å². The van der Waals surface area contributed by atoms with Gasteiger partial charge in [0.15, 0.2) is 5.79 Å². The van der Waals surface area contributed by atoms with Crippen molar-refractivity contribution in [2.45, 2.75) is 110 Å². The van der Waals surface area contributed by atoms with Crippen LogP contribution in [0.25, 0.3) is 0 Å². The molecular weight excluding hydrogens is 322 g/mol. The molecule has 0 aliphatic carbocycles. The Morgan fingerprint density at radius 2 is 1.38 bits per heavy atom. The summed E-state index contributed by atoms with van der Waals surface area (Å²) in [6, 6.07) is 10.3. The second-order valence-corrected chi connectivity index (χ2v) is 7.97. The van der Waals surface area contributed by atoms with Gasteiger partial charge in [-0.05, 0) is 39.7 Å². The topological polar surface area (TPSA) is 44.5 Å². The van der Waals surface area contributed by atoms with Crippen LogP contribution in [0.15, 0.2) is 30.3 Å². The quantitative estimate of drug-likeness (QED) is 0.333. The molecule has 1 atom stereocenters. The summed E-state index contributed by atoms with van der Waals surface area (Å²) in [6.45, 7) is 10.5. The largest absolute Gasteiger partial charge is 0.345 e. The molecule has 0 saturated carbocycles.